The van der Waals surface area contributed by atoms with E-state index >= 15 is 0 Å². The normalized spacial score (nSPS) is 11.7. The maximum absolute atomic E-state index is 12.6. The van der Waals surface area contributed by atoms with E-state index in [9.17, 15) is 30.8 Å². The number of halogens is 6. The first-order chi connectivity index (χ1) is 12.5. The first kappa shape index (κ1) is 21.5. The van der Waals surface area contributed by atoms with Crippen molar-refractivity contribution < 1.29 is 35.5 Å². The molecule has 2 rings (SSSR count). The molecular formula is C15H9BrClF4NO4S. The van der Waals surface area contributed by atoms with Gasteiger partial charge in [0.25, 0.3) is 5.91 Å². The lowest BCUT2D eigenvalue weighted by molar-refractivity contribution is -0.0498. The standard InChI is InChI=1S/C15H9BrClF4NO4S/c16-10-5-8(17)6-11(12(10)26-14(18)19)22-13(23)7-1-3-9(4-2-7)27(24,25)15(20)21/h1-6,14-15H,(H,22,23). The van der Waals surface area contributed by atoms with Crippen LogP contribution >= 0.6 is 27.5 Å². The third-order valence-electron chi connectivity index (χ3n) is 3.14. The van der Waals surface area contributed by atoms with Crippen molar-refractivity contribution in [2.45, 2.75) is 17.3 Å². The summed E-state index contributed by atoms with van der Waals surface area (Å²) in [5.41, 5.74) is -0.286. The summed E-state index contributed by atoms with van der Waals surface area (Å²) in [6.45, 7) is -3.17. The molecule has 0 radical (unpaired) electrons. The molecule has 0 atom stereocenters. The van der Waals surface area contributed by atoms with Gasteiger partial charge < -0.3 is 10.1 Å². The van der Waals surface area contributed by atoms with Crippen LogP contribution in [0.2, 0.25) is 5.02 Å². The number of ether oxygens (including phenoxy) is 1. The van der Waals surface area contributed by atoms with Crippen LogP contribution in [0.4, 0.5) is 23.2 Å². The summed E-state index contributed by atoms with van der Waals surface area (Å²) in [5, 5.41) is 2.39. The second-order valence-electron chi connectivity index (χ2n) is 4.93. The number of carbonyl (C=O) groups excluding carboxylic acids is 1. The number of alkyl halides is 4. The van der Waals surface area contributed by atoms with Gasteiger partial charge in [0.15, 0.2) is 5.75 Å². The number of hydrogen-bond acceptors (Lipinski definition) is 4. The molecule has 0 aliphatic rings. The molecule has 27 heavy (non-hydrogen) atoms. The van der Waals surface area contributed by atoms with Gasteiger partial charge in [0.2, 0.25) is 9.84 Å². The fourth-order valence-electron chi connectivity index (χ4n) is 1.96. The Morgan fingerprint density at radius 3 is 2.22 bits per heavy atom. The van der Waals surface area contributed by atoms with Crippen molar-refractivity contribution in [3.8, 4) is 5.75 Å². The van der Waals surface area contributed by atoms with Crippen molar-refractivity contribution in [1.82, 2.24) is 0 Å². The molecule has 0 saturated carbocycles. The monoisotopic (exact) mass is 489 g/mol. The molecule has 0 aliphatic carbocycles. The number of hydrogen-bond donors (Lipinski definition) is 1. The topological polar surface area (TPSA) is 72.5 Å². The van der Waals surface area contributed by atoms with E-state index < -0.39 is 33.0 Å². The molecule has 146 valence electrons. The Balaban J connectivity index is 2.30. The highest BCUT2D eigenvalue weighted by Gasteiger charge is 2.26. The average molecular weight is 491 g/mol. The van der Waals surface area contributed by atoms with Gasteiger partial charge in [-0.05, 0) is 52.3 Å². The summed E-state index contributed by atoms with van der Waals surface area (Å²) in [6.07, 6.45) is 0. The first-order valence-corrected chi connectivity index (χ1v) is 9.61. The van der Waals surface area contributed by atoms with Gasteiger partial charge in [0, 0.05) is 10.6 Å². The van der Waals surface area contributed by atoms with Gasteiger partial charge in [-0.25, -0.2) is 8.42 Å². The molecule has 0 heterocycles. The predicted molar refractivity (Wildman–Crippen MR) is 93.4 cm³/mol. The minimum absolute atomic E-state index is 0.0592. The quantitative estimate of drug-likeness (QED) is 0.582. The van der Waals surface area contributed by atoms with Gasteiger partial charge in [0.05, 0.1) is 15.1 Å². The third kappa shape index (κ3) is 5.11. The highest BCUT2D eigenvalue weighted by Crippen LogP contribution is 2.37. The van der Waals surface area contributed by atoms with Gasteiger partial charge in [0.1, 0.15) is 0 Å². The van der Waals surface area contributed by atoms with E-state index in [1.807, 2.05) is 0 Å². The summed E-state index contributed by atoms with van der Waals surface area (Å²) >= 11 is 8.81. The SMILES string of the molecule is O=C(Nc1cc(Cl)cc(Br)c1OC(F)F)c1ccc(S(=O)(=O)C(F)F)cc1. The molecule has 2 aromatic carbocycles. The Morgan fingerprint density at radius 1 is 1.11 bits per heavy atom. The molecule has 2 aromatic rings. The Hall–Kier alpha value is -1.85. The van der Waals surface area contributed by atoms with Crippen LogP contribution in [-0.4, -0.2) is 26.7 Å². The second kappa shape index (κ2) is 8.44. The summed E-state index contributed by atoms with van der Waals surface area (Å²) in [4.78, 5) is 11.6. The number of amides is 1. The highest BCUT2D eigenvalue weighted by molar-refractivity contribution is 9.10. The zero-order chi connectivity index (χ0) is 20.4. The molecule has 0 bridgehead atoms. The summed E-state index contributed by atoms with van der Waals surface area (Å²) in [6, 6.07) is 6.11. The van der Waals surface area contributed by atoms with E-state index in [1.54, 1.807) is 0 Å². The zero-order valence-corrected chi connectivity index (χ0v) is 16.1. The molecule has 0 saturated heterocycles. The fraction of sp³-hybridized carbons (Fsp3) is 0.133. The number of nitrogens with one attached hydrogen (secondary N) is 1. The van der Waals surface area contributed by atoms with E-state index in [2.05, 4.69) is 26.0 Å². The lowest BCUT2D eigenvalue weighted by Crippen LogP contribution is -2.15. The molecule has 0 fully saturated rings. The van der Waals surface area contributed by atoms with Crippen LogP contribution in [0, 0.1) is 0 Å². The lowest BCUT2D eigenvalue weighted by atomic mass is 10.2. The molecule has 1 amide bonds. The number of sulfone groups is 1. The van der Waals surface area contributed by atoms with Crippen LogP contribution in [0.25, 0.3) is 0 Å². The molecule has 12 heteroatoms. The molecule has 0 unspecified atom stereocenters. The van der Waals surface area contributed by atoms with E-state index in [4.69, 9.17) is 11.6 Å². The largest absolute Gasteiger partial charge is 0.431 e. The Kier molecular flexibility index (Phi) is 6.71. The Morgan fingerprint density at radius 2 is 1.70 bits per heavy atom. The molecule has 0 aromatic heterocycles. The van der Waals surface area contributed by atoms with Gasteiger partial charge in [-0.3, -0.25) is 4.79 Å². The number of anilines is 1. The molecule has 1 N–H and O–H groups in total. The predicted octanol–water partition coefficient (Wildman–Crippen LogP) is 4.95. The van der Waals surface area contributed by atoms with E-state index in [0.29, 0.717) is 0 Å². The third-order valence-corrected chi connectivity index (χ3v) is 5.35. The van der Waals surface area contributed by atoms with Gasteiger partial charge in [-0.15, -0.1) is 0 Å². The van der Waals surface area contributed by atoms with E-state index in [-0.39, 0.29) is 26.5 Å². The molecule has 5 nitrogen and oxygen atoms in total. The molecule has 0 aliphatic heterocycles. The van der Waals surface area contributed by atoms with Gasteiger partial charge >= 0.3 is 12.4 Å². The summed E-state index contributed by atoms with van der Waals surface area (Å²) in [5.74, 6) is -4.81. The number of benzene rings is 2. The fourth-order valence-corrected chi connectivity index (χ4v) is 3.58. The summed E-state index contributed by atoms with van der Waals surface area (Å²) in [7, 11) is -4.80. The maximum Gasteiger partial charge on any atom is 0.387 e. The van der Waals surface area contributed by atoms with Gasteiger partial charge in [-0.1, -0.05) is 11.6 Å². The Labute approximate surface area is 164 Å². The van der Waals surface area contributed by atoms with Crippen molar-refractivity contribution in [2.24, 2.45) is 0 Å². The first-order valence-electron chi connectivity index (χ1n) is 6.89. The lowest BCUT2D eigenvalue weighted by Gasteiger charge is -2.14. The smallest absolute Gasteiger partial charge is 0.387 e. The van der Waals surface area contributed by atoms with Crippen LogP contribution in [0.15, 0.2) is 45.8 Å². The highest BCUT2D eigenvalue weighted by atomic mass is 79.9. The zero-order valence-electron chi connectivity index (χ0n) is 12.9. The van der Waals surface area contributed by atoms with E-state index in [1.165, 1.54) is 6.07 Å². The maximum atomic E-state index is 12.6. The number of carbonyl (C=O) groups is 1. The summed E-state index contributed by atoms with van der Waals surface area (Å²) < 4.78 is 77.3. The number of rotatable bonds is 6. The van der Waals surface area contributed by atoms with Crippen LogP contribution in [0.5, 0.6) is 5.75 Å². The van der Waals surface area contributed by atoms with Gasteiger partial charge in [-0.2, -0.15) is 17.6 Å². The van der Waals surface area contributed by atoms with Crippen LogP contribution in [0.1, 0.15) is 10.4 Å². The van der Waals surface area contributed by atoms with Crippen molar-refractivity contribution in [2.75, 3.05) is 5.32 Å². The minimum Gasteiger partial charge on any atom is -0.431 e. The van der Waals surface area contributed by atoms with E-state index in [0.717, 1.165) is 30.3 Å². The minimum atomic E-state index is -4.80. The van der Waals surface area contributed by atoms with Crippen molar-refractivity contribution in [3.05, 3.63) is 51.5 Å². The van der Waals surface area contributed by atoms with Crippen molar-refractivity contribution >= 4 is 49.0 Å². The van der Waals surface area contributed by atoms with Crippen LogP contribution in [-0.2, 0) is 9.84 Å². The molecular weight excluding hydrogens is 482 g/mol. The molecule has 0 spiro atoms. The van der Waals surface area contributed by atoms with Crippen molar-refractivity contribution in [3.63, 3.8) is 0 Å². The average Bonchev–Trinajstić information content (AvgIpc) is 2.57. The van der Waals surface area contributed by atoms with Crippen molar-refractivity contribution in [1.29, 1.82) is 0 Å². The van der Waals surface area contributed by atoms with Crippen LogP contribution in [0.3, 0.4) is 0 Å². The second-order valence-corrected chi connectivity index (χ2v) is 8.14. The Bertz CT molecular complexity index is 955. The van der Waals surface area contributed by atoms with Crippen LogP contribution < -0.4 is 10.1 Å².